The van der Waals surface area contributed by atoms with Crippen molar-refractivity contribution in [2.24, 2.45) is 0 Å². The van der Waals surface area contributed by atoms with Gasteiger partial charge >= 0.3 is 6.03 Å². The predicted octanol–water partition coefficient (Wildman–Crippen LogP) is 5.38. The molecule has 0 aliphatic carbocycles. The van der Waals surface area contributed by atoms with Gasteiger partial charge in [0.25, 0.3) is 0 Å². The number of nitrogens with one attached hydrogen (secondary N) is 1. The van der Waals surface area contributed by atoms with Crippen LogP contribution in [0.1, 0.15) is 17.0 Å². The Bertz CT molecular complexity index is 917. The molecule has 0 aliphatic rings. The van der Waals surface area contributed by atoms with Crippen molar-refractivity contribution in [1.29, 1.82) is 0 Å². The summed E-state index contributed by atoms with van der Waals surface area (Å²) in [4.78, 5) is 18.5. The second-order valence-electron chi connectivity index (χ2n) is 6.12. The number of carbonyl (C=O) groups excluding carboxylic acids is 1. The number of amides is 2. The van der Waals surface area contributed by atoms with Gasteiger partial charge in [-0.15, -0.1) is 0 Å². The van der Waals surface area contributed by atoms with Crippen LogP contribution in [-0.4, -0.2) is 23.0 Å². The molecule has 1 N–H and O–H groups in total. The molecule has 0 radical (unpaired) electrons. The van der Waals surface area contributed by atoms with Gasteiger partial charge in [0.15, 0.2) is 0 Å². The number of nitrogens with zero attached hydrogens (tertiary/aromatic N) is 2. The fraction of sp³-hybridized carbons (Fsp3) is 0.200. The van der Waals surface area contributed by atoms with Crippen molar-refractivity contribution in [3.8, 4) is 11.5 Å². The smallest absolute Gasteiger partial charge is 0.321 e. The first-order valence-electron chi connectivity index (χ1n) is 8.24. The molecule has 0 aliphatic heterocycles. The topological polar surface area (TPSA) is 58.4 Å². The summed E-state index contributed by atoms with van der Waals surface area (Å²) in [6, 6.07) is 15.1. The molecular formula is C20H20BrN3O2. The monoisotopic (exact) mass is 413 g/mol. The molecule has 6 heteroatoms. The Labute approximate surface area is 161 Å². The Balaban J connectivity index is 1.71. The van der Waals surface area contributed by atoms with E-state index in [1.165, 1.54) is 0 Å². The molecule has 0 unspecified atom stereocenters. The summed E-state index contributed by atoms with van der Waals surface area (Å²) in [6.45, 7) is 4.30. The lowest BCUT2D eigenvalue weighted by Gasteiger charge is -2.19. The van der Waals surface area contributed by atoms with Crippen LogP contribution in [-0.2, 0) is 6.54 Å². The van der Waals surface area contributed by atoms with Crippen molar-refractivity contribution >= 4 is 27.6 Å². The molecule has 0 saturated heterocycles. The van der Waals surface area contributed by atoms with Gasteiger partial charge < -0.3 is 14.6 Å². The molecule has 0 saturated carbocycles. The van der Waals surface area contributed by atoms with E-state index >= 15 is 0 Å². The Hall–Kier alpha value is -2.60. The number of carbonyl (C=O) groups is 1. The number of urea groups is 1. The molecule has 134 valence electrons. The minimum absolute atomic E-state index is 0.183. The van der Waals surface area contributed by atoms with E-state index in [1.54, 1.807) is 11.9 Å². The van der Waals surface area contributed by atoms with Crippen LogP contribution in [0.5, 0.6) is 0 Å². The third kappa shape index (κ3) is 4.14. The molecule has 0 bridgehead atoms. The summed E-state index contributed by atoms with van der Waals surface area (Å²) in [5.41, 5.74) is 3.43. The van der Waals surface area contributed by atoms with E-state index in [1.807, 2.05) is 62.4 Å². The average Bonchev–Trinajstić information content (AvgIpc) is 2.96. The molecule has 3 aromatic rings. The second kappa shape index (κ2) is 7.74. The quantitative estimate of drug-likeness (QED) is 0.623. The van der Waals surface area contributed by atoms with Gasteiger partial charge in [0, 0.05) is 29.3 Å². The fourth-order valence-electron chi connectivity index (χ4n) is 2.50. The largest absolute Gasteiger partial charge is 0.441 e. The molecule has 26 heavy (non-hydrogen) atoms. The number of rotatable bonds is 4. The SMILES string of the molecule is Cc1nc(-c2cccc(NC(=O)N(C)Cc3ccccc3Br)c2)oc1C. The zero-order chi connectivity index (χ0) is 18.7. The third-order valence-corrected chi connectivity index (χ3v) is 4.87. The van der Waals surface area contributed by atoms with Crippen molar-refractivity contribution in [2.75, 3.05) is 12.4 Å². The molecule has 3 rings (SSSR count). The standard InChI is InChI=1S/C20H20BrN3O2/c1-13-14(2)26-19(22-13)15-8-6-9-17(11-15)23-20(25)24(3)12-16-7-4-5-10-18(16)21/h4-11H,12H2,1-3H3,(H,23,25). The van der Waals surface area contributed by atoms with E-state index in [9.17, 15) is 4.79 Å². The number of hydrogen-bond donors (Lipinski definition) is 1. The lowest BCUT2D eigenvalue weighted by Crippen LogP contribution is -2.30. The molecular weight excluding hydrogens is 394 g/mol. The van der Waals surface area contributed by atoms with Crippen LogP contribution >= 0.6 is 15.9 Å². The average molecular weight is 414 g/mol. The van der Waals surface area contributed by atoms with Gasteiger partial charge in [-0.3, -0.25) is 0 Å². The van der Waals surface area contributed by atoms with Gasteiger partial charge in [-0.05, 0) is 43.7 Å². The van der Waals surface area contributed by atoms with Gasteiger partial charge in [0.1, 0.15) is 5.76 Å². The number of aromatic nitrogens is 1. The summed E-state index contributed by atoms with van der Waals surface area (Å²) < 4.78 is 6.64. The molecule has 0 spiro atoms. The predicted molar refractivity (Wildman–Crippen MR) is 106 cm³/mol. The minimum Gasteiger partial charge on any atom is -0.441 e. The van der Waals surface area contributed by atoms with E-state index in [4.69, 9.17) is 4.42 Å². The highest BCUT2D eigenvalue weighted by molar-refractivity contribution is 9.10. The number of halogens is 1. The molecule has 1 heterocycles. The van der Waals surface area contributed by atoms with Gasteiger partial charge in [0.05, 0.1) is 5.69 Å². The summed E-state index contributed by atoms with van der Waals surface area (Å²) in [7, 11) is 1.76. The highest BCUT2D eigenvalue weighted by Gasteiger charge is 2.13. The van der Waals surface area contributed by atoms with Crippen molar-refractivity contribution in [2.45, 2.75) is 20.4 Å². The fourth-order valence-corrected chi connectivity index (χ4v) is 2.91. The summed E-state index contributed by atoms with van der Waals surface area (Å²) >= 11 is 3.51. The molecule has 0 atom stereocenters. The molecule has 2 amide bonds. The van der Waals surface area contributed by atoms with Crippen LogP contribution in [0.15, 0.2) is 57.4 Å². The van der Waals surface area contributed by atoms with Gasteiger partial charge in [0.2, 0.25) is 5.89 Å². The second-order valence-corrected chi connectivity index (χ2v) is 6.97. The Kier molecular flexibility index (Phi) is 5.42. The van der Waals surface area contributed by atoms with Crippen LogP contribution in [0.4, 0.5) is 10.5 Å². The van der Waals surface area contributed by atoms with Crippen molar-refractivity contribution < 1.29 is 9.21 Å². The number of aryl methyl sites for hydroxylation is 2. The maximum atomic E-state index is 12.5. The normalized spacial score (nSPS) is 10.6. The highest BCUT2D eigenvalue weighted by atomic mass is 79.9. The summed E-state index contributed by atoms with van der Waals surface area (Å²) in [6.07, 6.45) is 0. The van der Waals surface area contributed by atoms with Crippen molar-refractivity contribution in [3.63, 3.8) is 0 Å². The lowest BCUT2D eigenvalue weighted by molar-refractivity contribution is 0.220. The van der Waals surface area contributed by atoms with Gasteiger partial charge in [-0.2, -0.15) is 0 Å². The maximum absolute atomic E-state index is 12.5. The number of oxazole rings is 1. The van der Waals surface area contributed by atoms with Crippen LogP contribution in [0.3, 0.4) is 0 Å². The zero-order valence-corrected chi connectivity index (χ0v) is 16.5. The molecule has 5 nitrogen and oxygen atoms in total. The number of anilines is 1. The van der Waals surface area contributed by atoms with E-state index in [-0.39, 0.29) is 6.03 Å². The molecule has 1 aromatic heterocycles. The van der Waals surface area contributed by atoms with E-state index < -0.39 is 0 Å². The third-order valence-electron chi connectivity index (χ3n) is 4.10. The molecule has 2 aromatic carbocycles. The first-order valence-corrected chi connectivity index (χ1v) is 9.03. The first-order chi connectivity index (χ1) is 12.4. The Morgan fingerprint density at radius 2 is 1.96 bits per heavy atom. The number of hydrogen-bond acceptors (Lipinski definition) is 3. The zero-order valence-electron chi connectivity index (χ0n) is 14.9. The van der Waals surface area contributed by atoms with Gasteiger partial charge in [-0.1, -0.05) is 40.2 Å². The van der Waals surface area contributed by atoms with Gasteiger partial charge in [-0.25, -0.2) is 9.78 Å². The van der Waals surface area contributed by atoms with Crippen LogP contribution in [0.2, 0.25) is 0 Å². The van der Waals surface area contributed by atoms with E-state index in [2.05, 4.69) is 26.2 Å². The molecule has 0 fully saturated rings. The minimum atomic E-state index is -0.183. The first kappa shape index (κ1) is 18.2. The van der Waals surface area contributed by atoms with Crippen LogP contribution in [0.25, 0.3) is 11.5 Å². The van der Waals surface area contributed by atoms with Crippen LogP contribution < -0.4 is 5.32 Å². The summed E-state index contributed by atoms with van der Waals surface area (Å²) in [5.74, 6) is 1.35. The van der Waals surface area contributed by atoms with E-state index in [0.29, 0.717) is 18.1 Å². The Morgan fingerprint density at radius 1 is 1.19 bits per heavy atom. The van der Waals surface area contributed by atoms with Crippen molar-refractivity contribution in [1.82, 2.24) is 9.88 Å². The maximum Gasteiger partial charge on any atom is 0.321 e. The summed E-state index contributed by atoms with van der Waals surface area (Å²) in [5, 5.41) is 2.92. The van der Waals surface area contributed by atoms with Crippen LogP contribution in [0, 0.1) is 13.8 Å². The number of benzene rings is 2. The lowest BCUT2D eigenvalue weighted by atomic mass is 10.2. The highest BCUT2D eigenvalue weighted by Crippen LogP contribution is 2.24. The van der Waals surface area contributed by atoms with Crippen molar-refractivity contribution in [3.05, 3.63) is 70.0 Å². The van der Waals surface area contributed by atoms with E-state index in [0.717, 1.165) is 27.1 Å². The Morgan fingerprint density at radius 3 is 2.65 bits per heavy atom.